The van der Waals surface area contributed by atoms with Gasteiger partial charge in [-0.3, -0.25) is 19.4 Å². The van der Waals surface area contributed by atoms with Crippen LogP contribution in [-0.4, -0.2) is 91.5 Å². The van der Waals surface area contributed by atoms with E-state index in [2.05, 4.69) is 30.9 Å². The number of aromatic amines is 2. The standard InChI is InChI=1S/C24H30N10O6/c1-3-11-5-4-6-12(10(11)2)18(36)30-15-9-34-21(26)28-14(17-23(34,24(15,39)40)33-20(25)32-17)8-27-19(37)13-7-16(35)31-22(38)29-13/h4-7,14-15,17,39-40H,3,8-9H2,1-2H3,(H2,26,28)(H,27,37)(H,30,36)(H3,25,32,33)(H2,29,31,35,38)/t14-,15-,17?,23?/m0/s1. The van der Waals surface area contributed by atoms with E-state index in [4.69, 9.17) is 11.5 Å². The van der Waals surface area contributed by atoms with Crippen LogP contribution in [0.15, 0.2) is 43.8 Å². The van der Waals surface area contributed by atoms with Crippen LogP contribution in [-0.2, 0) is 6.42 Å². The zero-order valence-electron chi connectivity index (χ0n) is 21.7. The third-order valence-corrected chi connectivity index (χ3v) is 7.66. The highest BCUT2D eigenvalue weighted by molar-refractivity contribution is 5.96. The zero-order valence-corrected chi connectivity index (χ0v) is 21.7. The number of hydrogen-bond acceptors (Lipinski definition) is 12. The molecule has 16 nitrogen and oxygen atoms in total. The summed E-state index contributed by atoms with van der Waals surface area (Å²) in [6.07, 6.45) is 0.723. The number of amides is 2. The lowest BCUT2D eigenvalue weighted by molar-refractivity contribution is -0.230. The number of nitrogens with zero attached hydrogens (tertiary/aromatic N) is 3. The van der Waals surface area contributed by atoms with Crippen molar-refractivity contribution in [3.05, 3.63) is 67.5 Å². The lowest BCUT2D eigenvalue weighted by Gasteiger charge is -2.49. The Morgan fingerprint density at radius 3 is 2.62 bits per heavy atom. The average Bonchev–Trinajstić information content (AvgIpc) is 3.36. The van der Waals surface area contributed by atoms with Gasteiger partial charge < -0.3 is 47.5 Å². The van der Waals surface area contributed by atoms with Gasteiger partial charge in [0.05, 0.1) is 6.04 Å². The van der Waals surface area contributed by atoms with Gasteiger partial charge in [-0.05, 0) is 30.5 Å². The van der Waals surface area contributed by atoms with Gasteiger partial charge in [0.2, 0.25) is 5.79 Å². The van der Waals surface area contributed by atoms with Gasteiger partial charge in [0.1, 0.15) is 17.8 Å². The summed E-state index contributed by atoms with van der Waals surface area (Å²) in [6.45, 7) is 3.44. The number of H-pyrrole nitrogens is 2. The maximum absolute atomic E-state index is 13.3. The van der Waals surface area contributed by atoms with E-state index in [-0.39, 0.29) is 30.7 Å². The molecule has 0 bridgehead atoms. The maximum Gasteiger partial charge on any atom is 0.326 e. The highest BCUT2D eigenvalue weighted by Gasteiger charge is 2.73. The molecule has 4 atom stereocenters. The largest absolute Gasteiger partial charge is 0.370 e. The van der Waals surface area contributed by atoms with E-state index in [1.807, 2.05) is 24.9 Å². The molecule has 1 aromatic carbocycles. The fraction of sp³-hybridized carbons (Fsp3) is 0.417. The Labute approximate surface area is 226 Å². The molecule has 1 fully saturated rings. The number of aromatic nitrogens is 2. The van der Waals surface area contributed by atoms with Crippen LogP contribution in [0, 0.1) is 6.92 Å². The molecule has 4 heterocycles. The second-order valence-corrected chi connectivity index (χ2v) is 9.92. The Morgan fingerprint density at radius 2 is 1.93 bits per heavy atom. The molecule has 40 heavy (non-hydrogen) atoms. The van der Waals surface area contributed by atoms with E-state index >= 15 is 0 Å². The van der Waals surface area contributed by atoms with Crippen LogP contribution >= 0.6 is 0 Å². The zero-order chi connectivity index (χ0) is 29.0. The number of aryl methyl sites for hydroxylation is 1. The molecule has 212 valence electrons. The number of carbonyl (C=O) groups is 2. The van der Waals surface area contributed by atoms with Crippen molar-refractivity contribution in [1.29, 1.82) is 0 Å². The third-order valence-electron chi connectivity index (χ3n) is 7.66. The molecule has 2 amide bonds. The molecule has 1 aromatic heterocycles. The number of nitrogens with one attached hydrogen (secondary N) is 5. The monoisotopic (exact) mass is 554 g/mol. The van der Waals surface area contributed by atoms with Gasteiger partial charge in [0.25, 0.3) is 17.4 Å². The molecule has 0 radical (unpaired) electrons. The summed E-state index contributed by atoms with van der Waals surface area (Å²) in [5.41, 5.74) is 10.7. The molecular formula is C24H30N10O6. The van der Waals surface area contributed by atoms with Crippen molar-refractivity contribution in [2.24, 2.45) is 21.5 Å². The molecule has 5 rings (SSSR count). The van der Waals surface area contributed by atoms with Crippen LogP contribution in [0.4, 0.5) is 0 Å². The SMILES string of the molecule is CCc1cccc(C(=O)N[C@H]2CN3C(N)=N[C@@H](CNC(=O)c4cc(=O)[nH]c(=O)[nH]4)C4N=C(N)NC43C2(O)O)c1C. The van der Waals surface area contributed by atoms with Crippen molar-refractivity contribution < 1.29 is 19.8 Å². The molecule has 16 heteroatoms. The van der Waals surface area contributed by atoms with E-state index in [1.165, 1.54) is 4.90 Å². The van der Waals surface area contributed by atoms with Crippen molar-refractivity contribution in [2.75, 3.05) is 13.1 Å². The van der Waals surface area contributed by atoms with Gasteiger partial charge in [-0.1, -0.05) is 19.1 Å². The van der Waals surface area contributed by atoms with E-state index in [1.54, 1.807) is 12.1 Å². The predicted octanol–water partition coefficient (Wildman–Crippen LogP) is -3.86. The molecule has 3 aliphatic heterocycles. The molecule has 0 aliphatic carbocycles. The third kappa shape index (κ3) is 4.08. The number of nitrogens with two attached hydrogens (primary N) is 2. The Hall–Kier alpha value is -4.70. The summed E-state index contributed by atoms with van der Waals surface area (Å²) < 4.78 is 0. The topological polar surface area (TPSA) is 256 Å². The highest BCUT2D eigenvalue weighted by Crippen LogP contribution is 2.44. The molecule has 3 aliphatic rings. The summed E-state index contributed by atoms with van der Waals surface area (Å²) in [6, 6.07) is 2.99. The van der Waals surface area contributed by atoms with Crippen LogP contribution < -0.4 is 38.7 Å². The molecule has 2 aromatic rings. The minimum Gasteiger partial charge on any atom is -0.370 e. The van der Waals surface area contributed by atoms with Crippen LogP contribution in [0.3, 0.4) is 0 Å². The average molecular weight is 555 g/mol. The Kier molecular flexibility index (Phi) is 6.38. The number of guanidine groups is 2. The normalized spacial score (nSPS) is 26.2. The van der Waals surface area contributed by atoms with Gasteiger partial charge >= 0.3 is 5.69 Å². The number of hydrogen-bond donors (Lipinski definition) is 9. The molecule has 1 saturated heterocycles. The Morgan fingerprint density at radius 1 is 1.18 bits per heavy atom. The van der Waals surface area contributed by atoms with Gasteiger partial charge in [-0.2, -0.15) is 0 Å². The molecule has 2 unspecified atom stereocenters. The van der Waals surface area contributed by atoms with Crippen LogP contribution in [0.5, 0.6) is 0 Å². The van der Waals surface area contributed by atoms with Crippen molar-refractivity contribution in [2.45, 2.75) is 49.8 Å². The highest BCUT2D eigenvalue weighted by atomic mass is 16.5. The van der Waals surface area contributed by atoms with Crippen molar-refractivity contribution in [3.8, 4) is 0 Å². The van der Waals surface area contributed by atoms with E-state index in [0.29, 0.717) is 5.56 Å². The Bertz CT molecular complexity index is 1530. The minimum absolute atomic E-state index is 0.106. The fourth-order valence-corrected chi connectivity index (χ4v) is 5.68. The number of benzene rings is 1. The molecule has 11 N–H and O–H groups in total. The number of aliphatic imine (C=N–C) groups is 2. The molecular weight excluding hydrogens is 524 g/mol. The van der Waals surface area contributed by atoms with E-state index in [9.17, 15) is 29.4 Å². The van der Waals surface area contributed by atoms with Crippen LogP contribution in [0.2, 0.25) is 0 Å². The lowest BCUT2D eigenvalue weighted by atomic mass is 9.85. The molecule has 0 saturated carbocycles. The van der Waals surface area contributed by atoms with Crippen molar-refractivity contribution in [3.63, 3.8) is 0 Å². The predicted molar refractivity (Wildman–Crippen MR) is 142 cm³/mol. The Balaban J connectivity index is 1.41. The van der Waals surface area contributed by atoms with E-state index in [0.717, 1.165) is 23.6 Å². The first-order valence-corrected chi connectivity index (χ1v) is 12.6. The lowest BCUT2D eigenvalue weighted by Crippen LogP contribution is -2.78. The van der Waals surface area contributed by atoms with Gasteiger partial charge in [-0.15, -0.1) is 0 Å². The summed E-state index contributed by atoms with van der Waals surface area (Å²) in [5.74, 6) is -4.17. The fourth-order valence-electron chi connectivity index (χ4n) is 5.68. The van der Waals surface area contributed by atoms with Gasteiger partial charge in [-0.25, -0.2) is 14.8 Å². The van der Waals surface area contributed by atoms with Crippen molar-refractivity contribution >= 4 is 23.7 Å². The first-order valence-electron chi connectivity index (χ1n) is 12.6. The first-order chi connectivity index (χ1) is 18.9. The second-order valence-electron chi connectivity index (χ2n) is 9.92. The van der Waals surface area contributed by atoms with Crippen molar-refractivity contribution in [1.82, 2.24) is 30.8 Å². The summed E-state index contributed by atoms with van der Waals surface area (Å²) >= 11 is 0. The number of aliphatic hydroxyl groups is 2. The first kappa shape index (κ1) is 26.9. The van der Waals surface area contributed by atoms with Gasteiger partial charge in [0, 0.05) is 24.7 Å². The summed E-state index contributed by atoms with van der Waals surface area (Å²) in [4.78, 5) is 63.3. The van der Waals surface area contributed by atoms with Crippen LogP contribution in [0.1, 0.15) is 38.9 Å². The summed E-state index contributed by atoms with van der Waals surface area (Å²) in [7, 11) is 0. The number of carbonyl (C=O) groups excluding carboxylic acids is 2. The smallest absolute Gasteiger partial charge is 0.326 e. The quantitative estimate of drug-likeness (QED) is 0.157. The molecule has 1 spiro atoms. The number of rotatable bonds is 6. The second kappa shape index (κ2) is 9.49. The van der Waals surface area contributed by atoms with Crippen LogP contribution in [0.25, 0.3) is 0 Å². The maximum atomic E-state index is 13.3. The van der Waals surface area contributed by atoms with E-state index < -0.39 is 52.6 Å². The summed E-state index contributed by atoms with van der Waals surface area (Å²) in [5, 5.41) is 31.2. The van der Waals surface area contributed by atoms with Gasteiger partial charge in [0.15, 0.2) is 17.6 Å². The minimum atomic E-state index is -2.66.